The van der Waals surface area contributed by atoms with Gasteiger partial charge in [-0.2, -0.15) is 0 Å². The number of amides is 1. The Labute approximate surface area is 183 Å². The standard InChI is InChI=1S/C25H30N4O2/c1-19-17-23(31-27-19)18-28-13-15-29(16-14-28)20(2)25(30)26-24(21-9-5-3-6-10-21)22-11-7-4-8-12-22/h3-12,17,20,24H,13-16,18H2,1-2H3,(H,26,30)/t20-/m1/s1. The van der Waals surface area contributed by atoms with Crippen molar-refractivity contribution in [1.82, 2.24) is 20.3 Å². The van der Waals surface area contributed by atoms with Crippen molar-refractivity contribution in [2.24, 2.45) is 0 Å². The number of rotatable bonds is 7. The molecule has 0 saturated carbocycles. The highest BCUT2D eigenvalue weighted by atomic mass is 16.5. The number of benzene rings is 2. The lowest BCUT2D eigenvalue weighted by Gasteiger charge is -2.37. The summed E-state index contributed by atoms with van der Waals surface area (Å²) in [6, 6.07) is 21.9. The first-order chi connectivity index (χ1) is 15.1. The van der Waals surface area contributed by atoms with Crippen LogP contribution in [0.25, 0.3) is 0 Å². The Morgan fingerprint density at radius 3 is 2.10 bits per heavy atom. The van der Waals surface area contributed by atoms with Gasteiger partial charge in [-0.3, -0.25) is 14.6 Å². The second-order valence-corrected chi connectivity index (χ2v) is 8.19. The number of aryl methyl sites for hydroxylation is 1. The Bertz CT molecular complexity index is 926. The van der Waals surface area contributed by atoms with Crippen LogP contribution in [0.1, 0.15) is 35.5 Å². The molecule has 2 aromatic carbocycles. The monoisotopic (exact) mass is 418 g/mol. The van der Waals surface area contributed by atoms with E-state index in [1.165, 1.54) is 0 Å². The summed E-state index contributed by atoms with van der Waals surface area (Å²) >= 11 is 0. The molecule has 0 spiro atoms. The molecule has 162 valence electrons. The Morgan fingerprint density at radius 1 is 1.00 bits per heavy atom. The third-order valence-electron chi connectivity index (χ3n) is 5.94. The van der Waals surface area contributed by atoms with Crippen LogP contribution in [-0.4, -0.2) is 53.1 Å². The molecule has 1 aliphatic heterocycles. The summed E-state index contributed by atoms with van der Waals surface area (Å²) in [5, 5.41) is 7.24. The number of carbonyl (C=O) groups excluding carboxylic acids is 1. The zero-order valence-electron chi connectivity index (χ0n) is 18.2. The Hall–Kier alpha value is -2.96. The van der Waals surface area contributed by atoms with Crippen LogP contribution in [0, 0.1) is 6.92 Å². The average Bonchev–Trinajstić information content (AvgIpc) is 3.23. The van der Waals surface area contributed by atoms with Gasteiger partial charge in [0.2, 0.25) is 5.91 Å². The molecule has 1 amide bonds. The van der Waals surface area contributed by atoms with E-state index in [0.717, 1.165) is 55.3 Å². The zero-order chi connectivity index (χ0) is 21.6. The number of piperazine rings is 1. The maximum atomic E-state index is 13.2. The summed E-state index contributed by atoms with van der Waals surface area (Å²) in [6.45, 7) is 8.20. The lowest BCUT2D eigenvalue weighted by atomic mass is 9.98. The molecule has 4 rings (SSSR count). The summed E-state index contributed by atoms with van der Waals surface area (Å²) in [4.78, 5) is 17.8. The summed E-state index contributed by atoms with van der Waals surface area (Å²) < 4.78 is 5.34. The fraction of sp³-hybridized carbons (Fsp3) is 0.360. The fourth-order valence-corrected chi connectivity index (χ4v) is 4.10. The Morgan fingerprint density at radius 2 is 1.58 bits per heavy atom. The molecule has 1 N–H and O–H groups in total. The van der Waals surface area contributed by atoms with Crippen LogP contribution in [0.5, 0.6) is 0 Å². The molecule has 31 heavy (non-hydrogen) atoms. The van der Waals surface area contributed by atoms with Gasteiger partial charge in [0.1, 0.15) is 0 Å². The van der Waals surface area contributed by atoms with Crippen molar-refractivity contribution in [2.75, 3.05) is 26.2 Å². The van der Waals surface area contributed by atoms with Crippen molar-refractivity contribution in [3.8, 4) is 0 Å². The van der Waals surface area contributed by atoms with Crippen LogP contribution in [0.2, 0.25) is 0 Å². The number of hydrogen-bond donors (Lipinski definition) is 1. The third-order valence-corrected chi connectivity index (χ3v) is 5.94. The van der Waals surface area contributed by atoms with E-state index in [2.05, 4.69) is 44.5 Å². The minimum atomic E-state index is -0.190. The molecular weight excluding hydrogens is 388 g/mol. The molecular formula is C25H30N4O2. The highest BCUT2D eigenvalue weighted by Gasteiger charge is 2.28. The van der Waals surface area contributed by atoms with E-state index >= 15 is 0 Å². The lowest BCUT2D eigenvalue weighted by Crippen LogP contribution is -2.54. The van der Waals surface area contributed by atoms with Crippen LogP contribution in [-0.2, 0) is 11.3 Å². The van der Waals surface area contributed by atoms with E-state index in [1.54, 1.807) is 0 Å². The molecule has 1 saturated heterocycles. The van der Waals surface area contributed by atoms with Crippen molar-refractivity contribution < 1.29 is 9.32 Å². The van der Waals surface area contributed by atoms with E-state index in [-0.39, 0.29) is 18.0 Å². The van der Waals surface area contributed by atoms with Crippen molar-refractivity contribution in [3.05, 3.63) is 89.3 Å². The first-order valence-corrected chi connectivity index (χ1v) is 10.9. The molecule has 6 heteroatoms. The van der Waals surface area contributed by atoms with Gasteiger partial charge in [0, 0.05) is 32.2 Å². The molecule has 0 bridgehead atoms. The van der Waals surface area contributed by atoms with Crippen LogP contribution < -0.4 is 5.32 Å². The predicted octanol–water partition coefficient (Wildman–Crippen LogP) is 3.39. The molecule has 6 nitrogen and oxygen atoms in total. The molecule has 0 unspecified atom stereocenters. The summed E-state index contributed by atoms with van der Waals surface area (Å²) in [5.74, 6) is 0.947. The lowest BCUT2D eigenvalue weighted by molar-refractivity contribution is -0.127. The summed E-state index contributed by atoms with van der Waals surface area (Å²) in [5.41, 5.74) is 3.08. The Kier molecular flexibility index (Phi) is 6.79. The van der Waals surface area contributed by atoms with Gasteiger partial charge >= 0.3 is 0 Å². The van der Waals surface area contributed by atoms with Gasteiger partial charge in [-0.25, -0.2) is 0 Å². The van der Waals surface area contributed by atoms with Crippen molar-refractivity contribution in [1.29, 1.82) is 0 Å². The number of carbonyl (C=O) groups is 1. The number of nitrogens with zero attached hydrogens (tertiary/aromatic N) is 3. The van der Waals surface area contributed by atoms with Gasteiger partial charge in [0.25, 0.3) is 0 Å². The molecule has 2 heterocycles. The first-order valence-electron chi connectivity index (χ1n) is 10.9. The van der Waals surface area contributed by atoms with Gasteiger partial charge < -0.3 is 9.84 Å². The van der Waals surface area contributed by atoms with Crippen molar-refractivity contribution in [3.63, 3.8) is 0 Å². The number of aromatic nitrogens is 1. The molecule has 0 aliphatic carbocycles. The predicted molar refractivity (Wildman–Crippen MR) is 120 cm³/mol. The molecule has 1 aliphatic rings. The van der Waals surface area contributed by atoms with Gasteiger partial charge in [0.15, 0.2) is 5.76 Å². The van der Waals surface area contributed by atoms with Crippen LogP contribution in [0.4, 0.5) is 0 Å². The maximum absolute atomic E-state index is 13.2. The Balaban J connectivity index is 1.37. The second-order valence-electron chi connectivity index (χ2n) is 8.19. The number of nitrogens with one attached hydrogen (secondary N) is 1. The molecule has 3 aromatic rings. The van der Waals surface area contributed by atoms with E-state index in [0.29, 0.717) is 0 Å². The average molecular weight is 419 g/mol. The zero-order valence-corrected chi connectivity index (χ0v) is 18.2. The van der Waals surface area contributed by atoms with Crippen LogP contribution in [0.3, 0.4) is 0 Å². The first kappa shape index (κ1) is 21.3. The quantitative estimate of drug-likeness (QED) is 0.637. The minimum Gasteiger partial charge on any atom is -0.360 e. The largest absolute Gasteiger partial charge is 0.360 e. The molecule has 1 atom stereocenters. The smallest absolute Gasteiger partial charge is 0.237 e. The van der Waals surface area contributed by atoms with Gasteiger partial charge in [-0.05, 0) is 25.0 Å². The SMILES string of the molecule is Cc1cc(CN2CCN([C@H](C)C(=O)NC(c3ccccc3)c3ccccc3)CC2)on1. The van der Waals surface area contributed by atoms with Gasteiger partial charge in [-0.15, -0.1) is 0 Å². The fourth-order valence-electron chi connectivity index (χ4n) is 4.10. The maximum Gasteiger partial charge on any atom is 0.237 e. The summed E-state index contributed by atoms with van der Waals surface area (Å²) in [7, 11) is 0. The highest BCUT2D eigenvalue weighted by molar-refractivity contribution is 5.82. The van der Waals surface area contributed by atoms with E-state index in [9.17, 15) is 4.79 Å². The van der Waals surface area contributed by atoms with E-state index in [4.69, 9.17) is 4.52 Å². The normalized spacial score (nSPS) is 16.4. The topological polar surface area (TPSA) is 61.6 Å². The third kappa shape index (κ3) is 5.40. The van der Waals surface area contributed by atoms with Crippen LogP contribution in [0.15, 0.2) is 71.3 Å². The van der Waals surface area contributed by atoms with Gasteiger partial charge in [0.05, 0.1) is 24.3 Å². The minimum absolute atomic E-state index is 0.0528. The van der Waals surface area contributed by atoms with Gasteiger partial charge in [-0.1, -0.05) is 65.8 Å². The second kappa shape index (κ2) is 9.90. The highest BCUT2D eigenvalue weighted by Crippen LogP contribution is 2.22. The molecule has 0 radical (unpaired) electrons. The molecule has 1 aromatic heterocycles. The van der Waals surface area contributed by atoms with Crippen molar-refractivity contribution in [2.45, 2.75) is 32.5 Å². The van der Waals surface area contributed by atoms with E-state index < -0.39 is 0 Å². The summed E-state index contributed by atoms with van der Waals surface area (Å²) in [6.07, 6.45) is 0. The van der Waals surface area contributed by atoms with Crippen molar-refractivity contribution >= 4 is 5.91 Å². The number of hydrogen-bond acceptors (Lipinski definition) is 5. The van der Waals surface area contributed by atoms with E-state index in [1.807, 2.05) is 56.3 Å². The van der Waals surface area contributed by atoms with Crippen LogP contribution >= 0.6 is 0 Å². The molecule has 1 fully saturated rings.